The Balaban J connectivity index is 1.56. The summed E-state index contributed by atoms with van der Waals surface area (Å²) < 4.78 is 0. The van der Waals surface area contributed by atoms with Crippen LogP contribution in [0.3, 0.4) is 0 Å². The molecule has 4 fully saturated rings. The zero-order valence-corrected chi connectivity index (χ0v) is 20.8. The average Bonchev–Trinajstić information content (AvgIpc) is 3.05. The lowest BCUT2D eigenvalue weighted by Crippen LogP contribution is -2.68. The minimum Gasteiger partial charge on any atom is -0.393 e. The van der Waals surface area contributed by atoms with E-state index >= 15 is 0 Å². The Hall–Kier alpha value is -0.380. The number of hydrogen-bond acceptors (Lipinski definition) is 3. The molecular weight excluding hydrogens is 384 g/mol. The van der Waals surface area contributed by atoms with Crippen LogP contribution in [0.1, 0.15) is 92.9 Å². The largest absolute Gasteiger partial charge is 0.393 e. The lowest BCUT2D eigenvalue weighted by molar-refractivity contribution is -0.264. The van der Waals surface area contributed by atoms with Gasteiger partial charge >= 0.3 is 0 Å². The smallest absolute Gasteiger partial charge is 0.0985 e. The maximum absolute atomic E-state index is 11.6. The van der Waals surface area contributed by atoms with E-state index in [1.807, 2.05) is 0 Å². The third-order valence-corrected chi connectivity index (χ3v) is 11.3. The van der Waals surface area contributed by atoms with Crippen molar-refractivity contribution < 1.29 is 15.3 Å². The molecule has 0 aliphatic heterocycles. The predicted octanol–water partition coefficient (Wildman–Crippen LogP) is 5.58. The number of rotatable bonds is 4. The molecule has 11 atom stereocenters. The highest BCUT2D eigenvalue weighted by Gasteiger charge is 2.67. The van der Waals surface area contributed by atoms with Crippen molar-refractivity contribution >= 4 is 0 Å². The zero-order valence-electron chi connectivity index (χ0n) is 20.8. The van der Waals surface area contributed by atoms with Crippen molar-refractivity contribution in [2.75, 3.05) is 0 Å². The molecule has 0 radical (unpaired) electrons. The van der Waals surface area contributed by atoms with Gasteiger partial charge in [0.25, 0.3) is 0 Å². The van der Waals surface area contributed by atoms with Crippen molar-refractivity contribution in [3.05, 3.63) is 12.2 Å². The van der Waals surface area contributed by atoms with Gasteiger partial charge in [-0.1, -0.05) is 53.7 Å². The van der Waals surface area contributed by atoms with Crippen LogP contribution in [-0.2, 0) is 0 Å². The van der Waals surface area contributed by atoms with Crippen molar-refractivity contribution in [2.45, 2.75) is 111 Å². The van der Waals surface area contributed by atoms with Gasteiger partial charge in [0.1, 0.15) is 0 Å². The van der Waals surface area contributed by atoms with Gasteiger partial charge < -0.3 is 15.3 Å². The summed E-state index contributed by atoms with van der Waals surface area (Å²) in [5.41, 5.74) is -1.06. The first kappa shape index (κ1) is 23.8. The Morgan fingerprint density at radius 2 is 1.58 bits per heavy atom. The molecule has 3 unspecified atom stereocenters. The normalized spacial score (nSPS) is 51.9. The molecule has 3 nitrogen and oxygen atoms in total. The average molecular weight is 433 g/mol. The van der Waals surface area contributed by atoms with Gasteiger partial charge in [0.2, 0.25) is 0 Å². The zero-order chi connectivity index (χ0) is 22.8. The van der Waals surface area contributed by atoms with E-state index in [2.05, 4.69) is 53.7 Å². The van der Waals surface area contributed by atoms with E-state index in [0.29, 0.717) is 59.7 Å². The Morgan fingerprint density at radius 3 is 2.26 bits per heavy atom. The second-order valence-corrected chi connectivity index (χ2v) is 12.9. The van der Waals surface area contributed by atoms with Crippen molar-refractivity contribution in [3.63, 3.8) is 0 Å². The summed E-state index contributed by atoms with van der Waals surface area (Å²) in [5.74, 6) is 4.24. The maximum atomic E-state index is 11.6. The predicted molar refractivity (Wildman–Crippen MR) is 126 cm³/mol. The standard InChI is InChI=1S/C28H48O3/c1-17(2)18(3)7-8-19(4)22-9-10-23-21-15-25(30)28(31)16-20(29)11-14-27(28,6)24(21)12-13-26(22,23)5/h7-8,17-25,29-31H,9-16H2,1-6H3/b8-7+/t18-,19+,20-,21?,22+,23?,24?,25+,26+,27+,28-/m0/s1. The van der Waals surface area contributed by atoms with Crippen molar-refractivity contribution in [2.24, 2.45) is 52.3 Å². The molecule has 0 aromatic heterocycles. The van der Waals surface area contributed by atoms with Crippen LogP contribution in [0.25, 0.3) is 0 Å². The topological polar surface area (TPSA) is 60.7 Å². The molecule has 4 saturated carbocycles. The molecule has 4 rings (SSSR count). The Bertz CT molecular complexity index is 688. The maximum Gasteiger partial charge on any atom is 0.0985 e. The summed E-state index contributed by atoms with van der Waals surface area (Å²) in [6, 6.07) is 0. The van der Waals surface area contributed by atoms with Gasteiger partial charge in [0.15, 0.2) is 0 Å². The number of fused-ring (bicyclic) bond motifs is 5. The monoisotopic (exact) mass is 432 g/mol. The third-order valence-electron chi connectivity index (χ3n) is 11.3. The molecule has 0 heterocycles. The molecule has 4 aliphatic carbocycles. The lowest BCUT2D eigenvalue weighted by Gasteiger charge is -2.65. The van der Waals surface area contributed by atoms with Gasteiger partial charge in [-0.15, -0.1) is 0 Å². The second kappa shape index (κ2) is 8.13. The van der Waals surface area contributed by atoms with Gasteiger partial charge in [-0.25, -0.2) is 0 Å². The van der Waals surface area contributed by atoms with Crippen LogP contribution in [0.2, 0.25) is 0 Å². The van der Waals surface area contributed by atoms with Gasteiger partial charge in [-0.05, 0) is 91.8 Å². The molecule has 4 aliphatic rings. The molecule has 31 heavy (non-hydrogen) atoms. The number of allylic oxidation sites excluding steroid dienone is 2. The van der Waals surface area contributed by atoms with E-state index in [0.717, 1.165) is 19.3 Å². The molecule has 3 heteroatoms. The van der Waals surface area contributed by atoms with Crippen LogP contribution in [-0.4, -0.2) is 33.1 Å². The third kappa shape index (κ3) is 3.56. The summed E-state index contributed by atoms with van der Waals surface area (Å²) in [6.45, 7) is 14.1. The highest BCUT2D eigenvalue weighted by molar-refractivity contribution is 5.17. The van der Waals surface area contributed by atoms with E-state index < -0.39 is 17.8 Å². The Kier molecular flexibility index (Phi) is 6.24. The summed E-state index contributed by atoms with van der Waals surface area (Å²) in [6.07, 6.45) is 11.4. The van der Waals surface area contributed by atoms with E-state index in [9.17, 15) is 15.3 Å². The Labute approximate surface area is 190 Å². The number of aliphatic hydroxyl groups excluding tert-OH is 2. The molecular formula is C28H48O3. The molecule has 0 bridgehead atoms. The Morgan fingerprint density at radius 1 is 0.871 bits per heavy atom. The van der Waals surface area contributed by atoms with Crippen molar-refractivity contribution in [3.8, 4) is 0 Å². The molecule has 0 saturated heterocycles. The molecule has 3 N–H and O–H groups in total. The van der Waals surface area contributed by atoms with Crippen LogP contribution in [0.15, 0.2) is 12.2 Å². The lowest BCUT2D eigenvalue weighted by atomic mass is 9.42. The number of aliphatic hydroxyl groups is 3. The van der Waals surface area contributed by atoms with E-state index in [1.54, 1.807) is 0 Å². The molecule has 178 valence electrons. The van der Waals surface area contributed by atoms with Gasteiger partial charge in [-0.2, -0.15) is 0 Å². The molecule has 0 aromatic rings. The number of hydrogen-bond donors (Lipinski definition) is 3. The van der Waals surface area contributed by atoms with Crippen LogP contribution in [0.5, 0.6) is 0 Å². The fraction of sp³-hybridized carbons (Fsp3) is 0.929. The summed E-state index contributed by atoms with van der Waals surface area (Å²) >= 11 is 0. The van der Waals surface area contributed by atoms with Gasteiger partial charge in [0, 0.05) is 11.8 Å². The van der Waals surface area contributed by atoms with Crippen LogP contribution in [0, 0.1) is 52.3 Å². The van der Waals surface area contributed by atoms with Gasteiger partial charge in [0.05, 0.1) is 17.8 Å². The van der Waals surface area contributed by atoms with E-state index in [-0.39, 0.29) is 5.41 Å². The first-order valence-corrected chi connectivity index (χ1v) is 13.2. The summed E-state index contributed by atoms with van der Waals surface area (Å²) in [7, 11) is 0. The highest BCUT2D eigenvalue weighted by Crippen LogP contribution is 2.69. The summed E-state index contributed by atoms with van der Waals surface area (Å²) in [5, 5.41) is 33.1. The fourth-order valence-electron chi connectivity index (χ4n) is 8.87. The van der Waals surface area contributed by atoms with Crippen molar-refractivity contribution in [1.29, 1.82) is 0 Å². The minimum absolute atomic E-state index is 0.272. The molecule has 0 spiro atoms. The van der Waals surface area contributed by atoms with Crippen LogP contribution < -0.4 is 0 Å². The fourth-order valence-corrected chi connectivity index (χ4v) is 8.87. The molecule has 0 amide bonds. The highest BCUT2D eigenvalue weighted by atomic mass is 16.3. The molecule has 0 aromatic carbocycles. The summed E-state index contributed by atoms with van der Waals surface area (Å²) in [4.78, 5) is 0. The second-order valence-electron chi connectivity index (χ2n) is 12.9. The van der Waals surface area contributed by atoms with Gasteiger partial charge in [-0.3, -0.25) is 0 Å². The van der Waals surface area contributed by atoms with Crippen LogP contribution >= 0.6 is 0 Å². The van der Waals surface area contributed by atoms with E-state index in [4.69, 9.17) is 0 Å². The first-order chi connectivity index (χ1) is 14.4. The minimum atomic E-state index is -1.12. The van der Waals surface area contributed by atoms with E-state index in [1.165, 1.54) is 19.3 Å². The quantitative estimate of drug-likeness (QED) is 0.509. The SMILES string of the molecule is CC(C)[C@@H](C)/C=C/[C@@H](C)[C@H]1CCC2C3C[C@@H](O)[C@@]4(O)C[C@@H](O)CC[C@]4(C)C3CC[C@@]21C. The first-order valence-electron chi connectivity index (χ1n) is 13.2. The van der Waals surface area contributed by atoms with Crippen molar-refractivity contribution in [1.82, 2.24) is 0 Å². The van der Waals surface area contributed by atoms with Crippen LogP contribution in [0.4, 0.5) is 0 Å².